The van der Waals surface area contributed by atoms with Crippen molar-refractivity contribution in [3.63, 3.8) is 0 Å². The van der Waals surface area contributed by atoms with Gasteiger partial charge in [0.2, 0.25) is 0 Å². The maximum Gasteiger partial charge on any atom is 0.0350 e. The fourth-order valence-electron chi connectivity index (χ4n) is 2.28. The molecule has 2 heteroatoms. The molecule has 0 saturated heterocycles. The molecule has 2 heterocycles. The Labute approximate surface area is 110 Å². The molecule has 18 heavy (non-hydrogen) atoms. The summed E-state index contributed by atoms with van der Waals surface area (Å²) in [5, 5.41) is 0. The highest BCUT2D eigenvalue weighted by Crippen LogP contribution is 2.40. The zero-order valence-corrected chi connectivity index (χ0v) is 12.2. The minimum absolute atomic E-state index is 0.109. The molecule has 0 amide bonds. The molecular weight excluding hydrogens is 220 g/mol. The van der Waals surface area contributed by atoms with Crippen molar-refractivity contribution in [3.05, 3.63) is 34.7 Å². The molecule has 0 radical (unpaired) electrons. The average molecular weight is 242 g/mol. The average Bonchev–Trinajstić information content (AvgIpc) is 2.83. The largest absolute Gasteiger partial charge is 0.264 e. The molecule has 0 N–H and O–H groups in total. The SMILES string of the molecule is CC(C)(C)C1=CN=CC1=C1C=NC=C1C(C)(C)C. The van der Waals surface area contributed by atoms with E-state index in [4.69, 9.17) is 0 Å². The van der Waals surface area contributed by atoms with E-state index in [0.717, 1.165) is 0 Å². The van der Waals surface area contributed by atoms with Crippen LogP contribution in [0.5, 0.6) is 0 Å². The molecule has 96 valence electrons. The Bertz CT molecular complexity index is 464. The number of rotatable bonds is 0. The molecular formula is C16H22N2. The molecule has 0 aromatic carbocycles. The Morgan fingerprint density at radius 1 is 0.667 bits per heavy atom. The van der Waals surface area contributed by atoms with Crippen molar-refractivity contribution in [1.29, 1.82) is 0 Å². The molecule has 0 atom stereocenters. The summed E-state index contributed by atoms with van der Waals surface area (Å²) in [7, 11) is 0. The van der Waals surface area contributed by atoms with Crippen LogP contribution in [0.15, 0.2) is 44.7 Å². The molecule has 0 unspecified atom stereocenters. The first-order valence-electron chi connectivity index (χ1n) is 6.44. The molecule has 0 bridgehead atoms. The van der Waals surface area contributed by atoms with E-state index >= 15 is 0 Å². The number of allylic oxidation sites excluding steroid dienone is 4. The van der Waals surface area contributed by atoms with Gasteiger partial charge in [0.25, 0.3) is 0 Å². The zero-order chi connectivity index (χ0) is 13.6. The van der Waals surface area contributed by atoms with Gasteiger partial charge >= 0.3 is 0 Å². The molecule has 2 nitrogen and oxygen atoms in total. The van der Waals surface area contributed by atoms with Crippen molar-refractivity contribution in [2.24, 2.45) is 20.8 Å². The highest BCUT2D eigenvalue weighted by molar-refractivity contribution is 6.02. The Morgan fingerprint density at radius 3 is 1.28 bits per heavy atom. The van der Waals surface area contributed by atoms with Gasteiger partial charge in [-0.2, -0.15) is 0 Å². The maximum absolute atomic E-state index is 4.34. The Kier molecular flexibility index (Phi) is 2.92. The Morgan fingerprint density at radius 2 is 1.00 bits per heavy atom. The molecule has 2 aliphatic rings. The van der Waals surface area contributed by atoms with Crippen LogP contribution >= 0.6 is 0 Å². The van der Waals surface area contributed by atoms with Gasteiger partial charge in [0.05, 0.1) is 0 Å². The lowest BCUT2D eigenvalue weighted by atomic mass is 9.77. The predicted molar refractivity (Wildman–Crippen MR) is 79.1 cm³/mol. The summed E-state index contributed by atoms with van der Waals surface area (Å²) < 4.78 is 0. The summed E-state index contributed by atoms with van der Waals surface area (Å²) in [5.74, 6) is 0. The van der Waals surface area contributed by atoms with Crippen LogP contribution in [0.1, 0.15) is 41.5 Å². The highest BCUT2D eigenvalue weighted by Gasteiger charge is 2.29. The third-order valence-corrected chi connectivity index (χ3v) is 3.30. The number of aliphatic imine (C=N–C) groups is 2. The van der Waals surface area contributed by atoms with Crippen molar-refractivity contribution in [1.82, 2.24) is 0 Å². The normalized spacial score (nSPS) is 23.7. The van der Waals surface area contributed by atoms with Gasteiger partial charge in [0, 0.05) is 36.0 Å². The van der Waals surface area contributed by atoms with Crippen molar-refractivity contribution in [3.8, 4) is 0 Å². The van der Waals surface area contributed by atoms with Gasteiger partial charge < -0.3 is 0 Å². The summed E-state index contributed by atoms with van der Waals surface area (Å²) in [6.07, 6.45) is 7.89. The van der Waals surface area contributed by atoms with Crippen LogP contribution in [0.3, 0.4) is 0 Å². The number of hydrogen-bond acceptors (Lipinski definition) is 2. The minimum Gasteiger partial charge on any atom is -0.264 e. The van der Waals surface area contributed by atoms with Gasteiger partial charge in [0.15, 0.2) is 0 Å². The topological polar surface area (TPSA) is 24.7 Å². The third kappa shape index (κ3) is 2.24. The van der Waals surface area contributed by atoms with Crippen LogP contribution in [-0.2, 0) is 0 Å². The lowest BCUT2D eigenvalue weighted by molar-refractivity contribution is 0.506. The van der Waals surface area contributed by atoms with E-state index in [0.29, 0.717) is 0 Å². The van der Waals surface area contributed by atoms with Crippen molar-refractivity contribution >= 4 is 12.4 Å². The minimum atomic E-state index is 0.109. The second-order valence-corrected chi connectivity index (χ2v) is 6.97. The maximum atomic E-state index is 4.34. The molecule has 2 aliphatic heterocycles. The van der Waals surface area contributed by atoms with E-state index in [2.05, 4.69) is 51.5 Å². The second-order valence-electron chi connectivity index (χ2n) is 6.97. The van der Waals surface area contributed by atoms with E-state index in [1.165, 1.54) is 22.3 Å². The van der Waals surface area contributed by atoms with Crippen molar-refractivity contribution in [2.75, 3.05) is 0 Å². The molecule has 0 aliphatic carbocycles. The van der Waals surface area contributed by atoms with Crippen LogP contribution in [0.4, 0.5) is 0 Å². The lowest BCUT2D eigenvalue weighted by Crippen LogP contribution is -2.16. The smallest absolute Gasteiger partial charge is 0.0350 e. The van der Waals surface area contributed by atoms with E-state index < -0.39 is 0 Å². The van der Waals surface area contributed by atoms with Crippen LogP contribution in [0.2, 0.25) is 0 Å². The van der Waals surface area contributed by atoms with Crippen LogP contribution < -0.4 is 0 Å². The monoisotopic (exact) mass is 242 g/mol. The fraction of sp³-hybridized carbons (Fsp3) is 0.500. The summed E-state index contributed by atoms with van der Waals surface area (Å²) in [5.41, 5.74) is 5.26. The van der Waals surface area contributed by atoms with Gasteiger partial charge in [-0.1, -0.05) is 41.5 Å². The van der Waals surface area contributed by atoms with E-state index in [1.54, 1.807) is 0 Å². The highest BCUT2D eigenvalue weighted by atomic mass is 14.7. The fourth-order valence-corrected chi connectivity index (χ4v) is 2.28. The first-order chi connectivity index (χ1) is 8.21. The first kappa shape index (κ1) is 13.0. The molecule has 2 rings (SSSR count). The van der Waals surface area contributed by atoms with Crippen LogP contribution in [0.25, 0.3) is 0 Å². The molecule has 0 aromatic heterocycles. The summed E-state index contributed by atoms with van der Waals surface area (Å²) in [4.78, 5) is 8.68. The lowest BCUT2D eigenvalue weighted by Gasteiger charge is -2.26. The van der Waals surface area contributed by atoms with Gasteiger partial charge in [0.1, 0.15) is 0 Å². The standard InChI is InChI=1S/C16H22N2/c1-15(2,3)13-9-17-7-11(13)12-8-18-10-14(12)16(4,5)6/h7-10H,1-6H3. The van der Waals surface area contributed by atoms with E-state index in [9.17, 15) is 0 Å². The Balaban J connectivity index is 2.51. The van der Waals surface area contributed by atoms with Gasteiger partial charge in [-0.15, -0.1) is 0 Å². The summed E-state index contributed by atoms with van der Waals surface area (Å²) in [6, 6.07) is 0. The van der Waals surface area contributed by atoms with Gasteiger partial charge in [-0.25, -0.2) is 0 Å². The summed E-state index contributed by atoms with van der Waals surface area (Å²) in [6.45, 7) is 13.3. The molecule has 0 aromatic rings. The molecule has 0 saturated carbocycles. The van der Waals surface area contributed by atoms with Crippen molar-refractivity contribution < 1.29 is 0 Å². The van der Waals surface area contributed by atoms with Crippen LogP contribution in [-0.4, -0.2) is 12.4 Å². The third-order valence-electron chi connectivity index (χ3n) is 3.30. The van der Waals surface area contributed by atoms with Crippen molar-refractivity contribution in [2.45, 2.75) is 41.5 Å². The van der Waals surface area contributed by atoms with Crippen LogP contribution in [0, 0.1) is 10.8 Å². The van der Waals surface area contributed by atoms with Gasteiger partial charge in [-0.3, -0.25) is 9.98 Å². The molecule has 0 fully saturated rings. The molecule has 0 spiro atoms. The van der Waals surface area contributed by atoms with E-state index in [-0.39, 0.29) is 10.8 Å². The van der Waals surface area contributed by atoms with Gasteiger partial charge in [-0.05, 0) is 22.0 Å². The number of nitrogens with zero attached hydrogens (tertiary/aromatic N) is 2. The quantitative estimate of drug-likeness (QED) is 0.604. The van der Waals surface area contributed by atoms with E-state index in [1.807, 2.05) is 24.8 Å². The Hall–Kier alpha value is -1.44. The zero-order valence-electron chi connectivity index (χ0n) is 12.2. The number of hydrogen-bond donors (Lipinski definition) is 0. The summed E-state index contributed by atoms with van der Waals surface area (Å²) >= 11 is 0. The predicted octanol–water partition coefficient (Wildman–Crippen LogP) is 4.31. The first-order valence-corrected chi connectivity index (χ1v) is 6.44. The second kappa shape index (κ2) is 4.04.